The Hall–Kier alpha value is -2.30. The smallest absolute Gasteiger partial charge is 0.223 e. The van der Waals surface area contributed by atoms with Gasteiger partial charge in [0.1, 0.15) is 5.75 Å². The molecule has 0 aliphatic rings. The van der Waals surface area contributed by atoms with E-state index in [1.54, 1.807) is 32.2 Å². The zero-order valence-corrected chi connectivity index (χ0v) is 11.4. The molecular formula is C14H19N3O2. The number of nitrogens with one attached hydrogen (secondary N) is 2. The van der Waals surface area contributed by atoms with Gasteiger partial charge in [-0.05, 0) is 32.0 Å². The van der Waals surface area contributed by atoms with E-state index in [4.69, 9.17) is 15.9 Å². The minimum absolute atomic E-state index is 0.138. The van der Waals surface area contributed by atoms with Crippen molar-refractivity contribution < 1.29 is 9.53 Å². The van der Waals surface area contributed by atoms with Gasteiger partial charge in [-0.3, -0.25) is 4.79 Å². The fourth-order valence-electron chi connectivity index (χ4n) is 1.65. The number of rotatable bonds is 6. The molecule has 0 heterocycles. The lowest BCUT2D eigenvalue weighted by atomic mass is 10.1. The predicted molar refractivity (Wildman–Crippen MR) is 76.7 cm³/mol. The second-order valence-corrected chi connectivity index (χ2v) is 4.12. The molecule has 0 radical (unpaired) electrons. The number of allylic oxidation sites excluding steroid dienone is 1. The zero-order valence-electron chi connectivity index (χ0n) is 11.4. The molecule has 0 saturated carbocycles. The molecule has 0 aliphatic carbocycles. The Bertz CT molecular complexity index is 521. The summed E-state index contributed by atoms with van der Waals surface area (Å²) in [5.41, 5.74) is 7.78. The number of primary amides is 1. The maximum Gasteiger partial charge on any atom is 0.223 e. The molecule has 1 rings (SSSR count). The highest BCUT2D eigenvalue weighted by Crippen LogP contribution is 2.24. The van der Waals surface area contributed by atoms with Crippen LogP contribution in [0.25, 0.3) is 0 Å². The largest absolute Gasteiger partial charge is 0.497 e. The lowest BCUT2D eigenvalue weighted by Gasteiger charge is -2.14. The number of benzene rings is 1. The van der Waals surface area contributed by atoms with Crippen LogP contribution in [-0.4, -0.2) is 18.7 Å². The molecule has 0 bridgehead atoms. The molecule has 1 aromatic rings. The van der Waals surface area contributed by atoms with Gasteiger partial charge in [0.2, 0.25) is 5.91 Å². The van der Waals surface area contributed by atoms with Gasteiger partial charge >= 0.3 is 0 Å². The Morgan fingerprint density at radius 2 is 2.21 bits per heavy atom. The molecule has 1 amide bonds. The maximum absolute atomic E-state index is 11.0. The summed E-state index contributed by atoms with van der Waals surface area (Å²) >= 11 is 0. The van der Waals surface area contributed by atoms with Crippen molar-refractivity contribution in [1.29, 1.82) is 5.41 Å². The number of amides is 1. The monoisotopic (exact) mass is 261 g/mol. The average molecular weight is 261 g/mol. The van der Waals surface area contributed by atoms with Crippen LogP contribution in [0.1, 0.15) is 25.8 Å². The van der Waals surface area contributed by atoms with Gasteiger partial charge in [-0.1, -0.05) is 6.08 Å². The second kappa shape index (κ2) is 6.58. The Kier molecular flexibility index (Phi) is 5.11. The topological polar surface area (TPSA) is 88.2 Å². The van der Waals surface area contributed by atoms with Crippen LogP contribution < -0.4 is 15.8 Å². The van der Waals surface area contributed by atoms with E-state index in [1.165, 1.54) is 0 Å². The minimum atomic E-state index is -0.401. The molecule has 0 aromatic heterocycles. The first-order valence-corrected chi connectivity index (χ1v) is 5.92. The number of ether oxygens (including phenoxy) is 1. The van der Waals surface area contributed by atoms with Gasteiger partial charge in [0.25, 0.3) is 0 Å². The van der Waals surface area contributed by atoms with E-state index in [0.29, 0.717) is 17.2 Å². The SMILES string of the molecule is C/C=C(\CC(N)=O)Nc1ccc(OC)cc1C(C)=N. The Balaban J connectivity index is 3.06. The number of carbonyl (C=O) groups is 1. The molecule has 4 N–H and O–H groups in total. The highest BCUT2D eigenvalue weighted by atomic mass is 16.5. The second-order valence-electron chi connectivity index (χ2n) is 4.12. The van der Waals surface area contributed by atoms with Gasteiger partial charge < -0.3 is 21.2 Å². The van der Waals surface area contributed by atoms with E-state index in [0.717, 1.165) is 11.3 Å². The summed E-state index contributed by atoms with van der Waals surface area (Å²) in [4.78, 5) is 11.0. The third kappa shape index (κ3) is 4.13. The molecular weight excluding hydrogens is 242 g/mol. The molecule has 5 nitrogen and oxygen atoms in total. The Morgan fingerprint density at radius 3 is 2.68 bits per heavy atom. The molecule has 1 aromatic carbocycles. The molecule has 0 atom stereocenters. The van der Waals surface area contributed by atoms with Crippen LogP contribution >= 0.6 is 0 Å². The maximum atomic E-state index is 11.0. The number of hydrogen-bond acceptors (Lipinski definition) is 4. The lowest BCUT2D eigenvalue weighted by Crippen LogP contribution is -2.15. The molecule has 102 valence electrons. The van der Waals surface area contributed by atoms with Crippen LogP contribution in [0.2, 0.25) is 0 Å². The quantitative estimate of drug-likeness (QED) is 0.686. The van der Waals surface area contributed by atoms with Gasteiger partial charge in [0.15, 0.2) is 0 Å². The van der Waals surface area contributed by atoms with E-state index in [2.05, 4.69) is 5.32 Å². The van der Waals surface area contributed by atoms with E-state index in [1.807, 2.05) is 13.0 Å². The third-order valence-electron chi connectivity index (χ3n) is 2.64. The van der Waals surface area contributed by atoms with Gasteiger partial charge in [0, 0.05) is 22.7 Å². The Labute approximate surface area is 113 Å². The first-order valence-electron chi connectivity index (χ1n) is 5.92. The molecule has 0 spiro atoms. The fourth-order valence-corrected chi connectivity index (χ4v) is 1.65. The van der Waals surface area contributed by atoms with E-state index < -0.39 is 5.91 Å². The molecule has 0 saturated heterocycles. The number of carbonyl (C=O) groups excluding carboxylic acids is 1. The highest BCUT2D eigenvalue weighted by Gasteiger charge is 2.09. The summed E-state index contributed by atoms with van der Waals surface area (Å²) in [6.07, 6.45) is 1.93. The zero-order chi connectivity index (χ0) is 14.4. The van der Waals surface area contributed by atoms with Crippen molar-refractivity contribution >= 4 is 17.3 Å². The molecule has 0 unspecified atom stereocenters. The van der Waals surface area contributed by atoms with E-state index in [-0.39, 0.29) is 6.42 Å². The van der Waals surface area contributed by atoms with E-state index in [9.17, 15) is 4.79 Å². The summed E-state index contributed by atoms with van der Waals surface area (Å²) in [6.45, 7) is 3.52. The van der Waals surface area contributed by atoms with Crippen LogP contribution in [-0.2, 0) is 4.79 Å². The number of hydrogen-bond donors (Lipinski definition) is 3. The molecule has 0 fully saturated rings. The van der Waals surface area contributed by atoms with Crippen LogP contribution in [0.15, 0.2) is 30.0 Å². The summed E-state index contributed by atoms with van der Waals surface area (Å²) in [6, 6.07) is 5.39. The fraction of sp³-hybridized carbons (Fsp3) is 0.286. The first kappa shape index (κ1) is 14.8. The van der Waals surface area contributed by atoms with Gasteiger partial charge in [-0.15, -0.1) is 0 Å². The van der Waals surface area contributed by atoms with Crippen LogP contribution in [0.4, 0.5) is 5.69 Å². The summed E-state index contributed by atoms with van der Waals surface area (Å²) in [7, 11) is 1.58. The highest BCUT2D eigenvalue weighted by molar-refractivity contribution is 6.02. The summed E-state index contributed by atoms with van der Waals surface area (Å²) in [5.74, 6) is 0.284. The number of nitrogens with two attached hydrogens (primary N) is 1. The van der Waals surface area contributed by atoms with Crippen LogP contribution in [0, 0.1) is 5.41 Å². The van der Waals surface area contributed by atoms with Crippen LogP contribution in [0.5, 0.6) is 5.75 Å². The first-order chi connectivity index (χ1) is 8.97. The Morgan fingerprint density at radius 1 is 1.53 bits per heavy atom. The third-order valence-corrected chi connectivity index (χ3v) is 2.64. The molecule has 0 aliphatic heterocycles. The molecule has 19 heavy (non-hydrogen) atoms. The van der Waals surface area contributed by atoms with Crippen molar-refractivity contribution in [2.75, 3.05) is 12.4 Å². The van der Waals surface area contributed by atoms with Gasteiger partial charge in [-0.25, -0.2) is 0 Å². The van der Waals surface area contributed by atoms with E-state index >= 15 is 0 Å². The summed E-state index contributed by atoms with van der Waals surface area (Å²) < 4.78 is 5.14. The average Bonchev–Trinajstić information content (AvgIpc) is 2.37. The number of methoxy groups -OCH3 is 1. The van der Waals surface area contributed by atoms with Crippen molar-refractivity contribution in [2.45, 2.75) is 20.3 Å². The lowest BCUT2D eigenvalue weighted by molar-refractivity contribution is -0.117. The van der Waals surface area contributed by atoms with Crippen molar-refractivity contribution in [2.24, 2.45) is 5.73 Å². The summed E-state index contributed by atoms with van der Waals surface area (Å²) in [5, 5.41) is 10.9. The predicted octanol–water partition coefficient (Wildman–Crippen LogP) is 2.27. The van der Waals surface area contributed by atoms with Gasteiger partial charge in [-0.2, -0.15) is 0 Å². The number of anilines is 1. The molecule has 5 heteroatoms. The normalized spacial score (nSPS) is 11.0. The van der Waals surface area contributed by atoms with Crippen LogP contribution in [0.3, 0.4) is 0 Å². The van der Waals surface area contributed by atoms with Crippen molar-refractivity contribution in [3.8, 4) is 5.75 Å². The van der Waals surface area contributed by atoms with Gasteiger partial charge in [0.05, 0.1) is 13.5 Å². The standard InChI is InChI=1S/C14H19N3O2/c1-4-10(7-14(16)18)17-13-6-5-11(19-3)8-12(13)9(2)15/h4-6,8,15,17H,7H2,1-3H3,(H2,16,18)/b10-4+,15-9?. The minimum Gasteiger partial charge on any atom is -0.497 e. The van der Waals surface area contributed by atoms with Crippen molar-refractivity contribution in [3.63, 3.8) is 0 Å². The van der Waals surface area contributed by atoms with Crippen molar-refractivity contribution in [1.82, 2.24) is 0 Å². The van der Waals surface area contributed by atoms with Crippen molar-refractivity contribution in [3.05, 3.63) is 35.5 Å².